The molecule has 1 rings (SSSR count). The Hall–Kier alpha value is -3.15. The summed E-state index contributed by atoms with van der Waals surface area (Å²) in [6.07, 6.45) is -4.95. The Balaban J connectivity index is 3.30. The van der Waals surface area contributed by atoms with Crippen molar-refractivity contribution in [2.24, 2.45) is 0 Å². The molecule has 1 saturated heterocycles. The summed E-state index contributed by atoms with van der Waals surface area (Å²) in [4.78, 5) is 58.1. The van der Waals surface area contributed by atoms with Crippen LogP contribution in [0.4, 0.5) is 4.79 Å². The first-order valence-corrected chi connectivity index (χ1v) is 8.89. The van der Waals surface area contributed by atoms with Gasteiger partial charge >= 0.3 is 30.0 Å². The van der Waals surface area contributed by atoms with Crippen molar-refractivity contribution in [1.29, 1.82) is 0 Å². The Morgan fingerprint density at radius 1 is 0.867 bits per heavy atom. The number of esters is 4. The SMILES string of the molecule is C=CCOC(=O)N[C@H]1[C@H](OC(C)=O)O[C@H](COC(C)=O)[C@@H](OC(C)=O)[C@@H]1OC(C)=O. The van der Waals surface area contributed by atoms with Crippen molar-refractivity contribution >= 4 is 30.0 Å². The molecule has 0 spiro atoms. The van der Waals surface area contributed by atoms with Gasteiger partial charge in [0.05, 0.1) is 0 Å². The molecule has 30 heavy (non-hydrogen) atoms. The molecular weight excluding hydrogens is 406 g/mol. The van der Waals surface area contributed by atoms with Crippen LogP contribution in [-0.2, 0) is 47.6 Å². The van der Waals surface area contributed by atoms with Gasteiger partial charge in [-0.1, -0.05) is 12.7 Å². The van der Waals surface area contributed by atoms with Crippen LogP contribution in [0.3, 0.4) is 0 Å². The summed E-state index contributed by atoms with van der Waals surface area (Å²) in [6, 6.07) is -1.31. The van der Waals surface area contributed by atoms with E-state index in [1.54, 1.807) is 0 Å². The predicted octanol–water partition coefficient (Wildman–Crippen LogP) is -0.0183. The van der Waals surface area contributed by atoms with Crippen LogP contribution in [0.1, 0.15) is 27.7 Å². The maximum absolute atomic E-state index is 12.1. The van der Waals surface area contributed by atoms with E-state index in [9.17, 15) is 24.0 Å². The van der Waals surface area contributed by atoms with E-state index in [2.05, 4.69) is 11.9 Å². The molecule has 0 aromatic carbocycles. The third-order valence-corrected chi connectivity index (χ3v) is 3.60. The number of carbonyl (C=O) groups is 5. The molecule has 0 aromatic rings. The lowest BCUT2D eigenvalue weighted by Gasteiger charge is -2.44. The zero-order valence-corrected chi connectivity index (χ0v) is 17.1. The van der Waals surface area contributed by atoms with Crippen LogP contribution in [0, 0.1) is 0 Å². The molecular formula is C18H25NO11. The van der Waals surface area contributed by atoms with Gasteiger partial charge in [0.1, 0.15) is 25.4 Å². The Bertz CT molecular complexity index is 677. The highest BCUT2D eigenvalue weighted by Gasteiger charge is 2.52. The zero-order valence-electron chi connectivity index (χ0n) is 17.1. The average Bonchev–Trinajstić information content (AvgIpc) is 2.62. The molecule has 1 aliphatic rings. The smallest absolute Gasteiger partial charge is 0.408 e. The van der Waals surface area contributed by atoms with Crippen molar-refractivity contribution < 1.29 is 52.4 Å². The molecule has 168 valence electrons. The molecule has 5 atom stereocenters. The molecule has 0 bridgehead atoms. The van der Waals surface area contributed by atoms with Crippen molar-refractivity contribution in [3.63, 3.8) is 0 Å². The molecule has 0 unspecified atom stereocenters. The normalized spacial score (nSPS) is 25.3. The maximum Gasteiger partial charge on any atom is 0.408 e. The molecule has 0 saturated carbocycles. The highest BCUT2D eigenvalue weighted by Crippen LogP contribution is 2.28. The zero-order chi connectivity index (χ0) is 22.8. The van der Waals surface area contributed by atoms with E-state index in [-0.39, 0.29) is 6.61 Å². The van der Waals surface area contributed by atoms with Gasteiger partial charge < -0.3 is 33.7 Å². The number of alkyl carbamates (subject to hydrolysis) is 1. The third kappa shape index (κ3) is 8.07. The lowest BCUT2D eigenvalue weighted by molar-refractivity contribution is -0.270. The van der Waals surface area contributed by atoms with E-state index >= 15 is 0 Å². The fraction of sp³-hybridized carbons (Fsp3) is 0.611. The van der Waals surface area contributed by atoms with Crippen LogP contribution in [0.2, 0.25) is 0 Å². The second-order valence-electron chi connectivity index (χ2n) is 6.16. The van der Waals surface area contributed by atoms with Gasteiger partial charge in [-0.3, -0.25) is 19.2 Å². The predicted molar refractivity (Wildman–Crippen MR) is 96.6 cm³/mol. The topological polar surface area (TPSA) is 153 Å². The summed E-state index contributed by atoms with van der Waals surface area (Å²) in [5.41, 5.74) is 0. The van der Waals surface area contributed by atoms with Gasteiger partial charge in [-0.2, -0.15) is 0 Å². The molecule has 1 N–H and O–H groups in total. The Kier molecular flexibility index (Phi) is 9.75. The molecule has 1 aliphatic heterocycles. The number of amides is 1. The van der Waals surface area contributed by atoms with Crippen molar-refractivity contribution in [3.8, 4) is 0 Å². The van der Waals surface area contributed by atoms with Gasteiger partial charge in [0.2, 0.25) is 6.29 Å². The van der Waals surface area contributed by atoms with Crippen LogP contribution >= 0.6 is 0 Å². The highest BCUT2D eigenvalue weighted by molar-refractivity contribution is 5.70. The number of nitrogens with one attached hydrogen (secondary N) is 1. The van der Waals surface area contributed by atoms with Gasteiger partial charge in [0.25, 0.3) is 0 Å². The minimum Gasteiger partial charge on any atom is -0.463 e. The average molecular weight is 431 g/mol. The summed E-state index contributed by atoms with van der Waals surface area (Å²) < 4.78 is 30.9. The Morgan fingerprint density at radius 3 is 1.93 bits per heavy atom. The number of hydrogen-bond acceptors (Lipinski definition) is 11. The minimum absolute atomic E-state index is 0.127. The quantitative estimate of drug-likeness (QED) is 0.313. The molecule has 1 heterocycles. The van der Waals surface area contributed by atoms with Crippen LogP contribution in [0.25, 0.3) is 0 Å². The van der Waals surface area contributed by atoms with E-state index in [1.807, 2.05) is 0 Å². The fourth-order valence-corrected chi connectivity index (χ4v) is 2.63. The molecule has 1 amide bonds. The molecule has 1 fully saturated rings. The van der Waals surface area contributed by atoms with E-state index < -0.39 is 67.2 Å². The van der Waals surface area contributed by atoms with Gasteiger partial charge in [0.15, 0.2) is 12.2 Å². The van der Waals surface area contributed by atoms with Gasteiger partial charge in [-0.05, 0) is 0 Å². The molecule has 0 radical (unpaired) electrons. The number of ether oxygens (including phenoxy) is 6. The van der Waals surface area contributed by atoms with Crippen LogP contribution in [0.5, 0.6) is 0 Å². The van der Waals surface area contributed by atoms with E-state index in [0.29, 0.717) is 0 Å². The van der Waals surface area contributed by atoms with Gasteiger partial charge in [-0.25, -0.2) is 4.79 Å². The minimum atomic E-state index is -1.48. The lowest BCUT2D eigenvalue weighted by Crippen LogP contribution is -2.67. The highest BCUT2D eigenvalue weighted by atomic mass is 16.7. The first kappa shape index (κ1) is 24.9. The first-order chi connectivity index (χ1) is 14.0. The Labute approximate surface area is 172 Å². The van der Waals surface area contributed by atoms with Crippen LogP contribution in [-0.4, -0.2) is 73.8 Å². The lowest BCUT2D eigenvalue weighted by atomic mass is 9.96. The standard InChI is InChI=1S/C18H25NO11/c1-6-7-25-18(24)19-14-16(28-11(4)22)15(27-10(3)21)13(8-26-9(2)20)30-17(14)29-12(5)23/h6,13-17H,1,7-8H2,2-5H3,(H,19,24)/t13-,14-,15-,16-,17-/m1/s1. The summed E-state index contributed by atoms with van der Waals surface area (Å²) in [5, 5.41) is 2.37. The molecule has 0 aromatic heterocycles. The summed E-state index contributed by atoms with van der Waals surface area (Å²) >= 11 is 0. The monoisotopic (exact) mass is 431 g/mol. The molecule has 12 nitrogen and oxygen atoms in total. The Morgan fingerprint density at radius 2 is 1.43 bits per heavy atom. The second-order valence-corrected chi connectivity index (χ2v) is 6.16. The number of rotatable bonds is 8. The second kappa shape index (κ2) is 11.8. The molecule has 12 heteroatoms. The maximum atomic E-state index is 12.1. The van der Waals surface area contributed by atoms with Crippen molar-refractivity contribution in [1.82, 2.24) is 5.32 Å². The summed E-state index contributed by atoms with van der Waals surface area (Å²) in [5.74, 6) is -2.96. The third-order valence-electron chi connectivity index (χ3n) is 3.60. The van der Waals surface area contributed by atoms with Crippen molar-refractivity contribution in [3.05, 3.63) is 12.7 Å². The van der Waals surface area contributed by atoms with E-state index in [1.165, 1.54) is 6.08 Å². The van der Waals surface area contributed by atoms with Gasteiger partial charge in [-0.15, -0.1) is 0 Å². The number of hydrogen-bond donors (Lipinski definition) is 1. The number of carbonyl (C=O) groups excluding carboxylic acids is 5. The van der Waals surface area contributed by atoms with Crippen molar-refractivity contribution in [2.45, 2.75) is 58.3 Å². The summed E-state index contributed by atoms with van der Waals surface area (Å²) in [6.45, 7) is 7.32. The van der Waals surface area contributed by atoms with Crippen LogP contribution in [0.15, 0.2) is 12.7 Å². The summed E-state index contributed by atoms with van der Waals surface area (Å²) in [7, 11) is 0. The fourth-order valence-electron chi connectivity index (χ4n) is 2.63. The van der Waals surface area contributed by atoms with E-state index in [4.69, 9.17) is 28.4 Å². The van der Waals surface area contributed by atoms with E-state index in [0.717, 1.165) is 27.7 Å². The van der Waals surface area contributed by atoms with Crippen molar-refractivity contribution in [2.75, 3.05) is 13.2 Å². The van der Waals surface area contributed by atoms with Crippen LogP contribution < -0.4 is 5.32 Å². The first-order valence-electron chi connectivity index (χ1n) is 8.89. The molecule has 0 aliphatic carbocycles. The van der Waals surface area contributed by atoms with Gasteiger partial charge in [0, 0.05) is 27.7 Å². The largest absolute Gasteiger partial charge is 0.463 e.